The minimum absolute atomic E-state index is 0.0252. The highest BCUT2D eigenvalue weighted by atomic mass is 35.5. The Morgan fingerprint density at radius 1 is 1.20 bits per heavy atom. The van der Waals surface area contributed by atoms with Gasteiger partial charge < -0.3 is 5.32 Å². The fourth-order valence-electron chi connectivity index (χ4n) is 2.08. The summed E-state index contributed by atoms with van der Waals surface area (Å²) >= 11 is 18.0. The second-order valence-corrected chi connectivity index (χ2v) is 6.20. The zero-order valence-corrected chi connectivity index (χ0v) is 14.0. The highest BCUT2D eigenvalue weighted by Crippen LogP contribution is 2.23. The van der Waals surface area contributed by atoms with Crippen LogP contribution in [0.4, 0.5) is 0 Å². The van der Waals surface area contributed by atoms with Crippen LogP contribution in [-0.4, -0.2) is 17.8 Å². The number of amides is 1. The molecular formula is C15H20Cl3NO. The SMILES string of the molecule is CCC(CC)C(Cl)CNC(=O)Cc1ccc(Cl)c(Cl)c1. The molecule has 0 aromatic heterocycles. The highest BCUT2D eigenvalue weighted by molar-refractivity contribution is 6.42. The van der Waals surface area contributed by atoms with Crippen LogP contribution in [0.15, 0.2) is 18.2 Å². The largest absolute Gasteiger partial charge is 0.354 e. The molecule has 0 heterocycles. The van der Waals surface area contributed by atoms with Crippen molar-refractivity contribution in [2.75, 3.05) is 6.54 Å². The van der Waals surface area contributed by atoms with E-state index in [0.29, 0.717) is 22.5 Å². The quantitative estimate of drug-likeness (QED) is 0.719. The van der Waals surface area contributed by atoms with Crippen LogP contribution in [-0.2, 0) is 11.2 Å². The van der Waals surface area contributed by atoms with Gasteiger partial charge in [-0.1, -0.05) is 56.0 Å². The average molecular weight is 337 g/mol. The summed E-state index contributed by atoms with van der Waals surface area (Å²) in [4.78, 5) is 11.9. The molecule has 0 radical (unpaired) electrons. The van der Waals surface area contributed by atoms with E-state index in [1.54, 1.807) is 18.2 Å². The first kappa shape index (κ1) is 17.6. The van der Waals surface area contributed by atoms with E-state index in [0.717, 1.165) is 18.4 Å². The number of rotatable bonds is 7. The highest BCUT2D eigenvalue weighted by Gasteiger charge is 2.16. The lowest BCUT2D eigenvalue weighted by Crippen LogP contribution is -2.34. The number of carbonyl (C=O) groups is 1. The molecule has 0 spiro atoms. The number of alkyl halides is 1. The Kier molecular flexibility index (Phi) is 7.71. The summed E-state index contributed by atoms with van der Waals surface area (Å²) in [7, 11) is 0. The topological polar surface area (TPSA) is 29.1 Å². The summed E-state index contributed by atoms with van der Waals surface area (Å²) in [5.74, 6) is 0.377. The van der Waals surface area contributed by atoms with Crippen molar-refractivity contribution in [2.45, 2.75) is 38.5 Å². The van der Waals surface area contributed by atoms with Gasteiger partial charge in [0.1, 0.15) is 0 Å². The fraction of sp³-hybridized carbons (Fsp3) is 0.533. The Bertz CT molecular complexity index is 447. The number of carbonyl (C=O) groups excluding carboxylic acids is 1. The predicted octanol–water partition coefficient (Wildman–Crippen LogP) is 4.70. The van der Waals surface area contributed by atoms with Crippen molar-refractivity contribution in [3.05, 3.63) is 33.8 Å². The predicted molar refractivity (Wildman–Crippen MR) is 86.9 cm³/mol. The third-order valence-corrected chi connectivity index (χ3v) is 4.65. The van der Waals surface area contributed by atoms with Crippen LogP contribution >= 0.6 is 34.8 Å². The molecule has 5 heteroatoms. The summed E-state index contributed by atoms with van der Waals surface area (Å²) < 4.78 is 0. The summed E-state index contributed by atoms with van der Waals surface area (Å²) in [6, 6.07) is 5.20. The normalized spacial score (nSPS) is 12.5. The minimum atomic E-state index is -0.0556. The van der Waals surface area contributed by atoms with Crippen LogP contribution in [0.25, 0.3) is 0 Å². The second kappa shape index (κ2) is 8.76. The Balaban J connectivity index is 2.45. The molecule has 0 bridgehead atoms. The van der Waals surface area contributed by atoms with Gasteiger partial charge >= 0.3 is 0 Å². The van der Waals surface area contributed by atoms with Crippen LogP contribution < -0.4 is 5.32 Å². The maximum atomic E-state index is 11.9. The van der Waals surface area contributed by atoms with Crippen molar-refractivity contribution in [3.63, 3.8) is 0 Å². The number of benzene rings is 1. The smallest absolute Gasteiger partial charge is 0.224 e. The molecule has 1 unspecified atom stereocenters. The molecule has 1 aromatic rings. The third kappa shape index (κ3) is 5.51. The first-order valence-electron chi connectivity index (χ1n) is 6.82. The van der Waals surface area contributed by atoms with Crippen LogP contribution in [0, 0.1) is 5.92 Å². The first-order chi connectivity index (χ1) is 9.47. The van der Waals surface area contributed by atoms with E-state index >= 15 is 0 Å². The van der Waals surface area contributed by atoms with E-state index in [1.165, 1.54) is 0 Å². The molecule has 0 aliphatic heterocycles. The average Bonchev–Trinajstić information content (AvgIpc) is 2.42. The molecule has 0 saturated heterocycles. The van der Waals surface area contributed by atoms with E-state index in [9.17, 15) is 4.79 Å². The van der Waals surface area contributed by atoms with Gasteiger partial charge in [0.05, 0.1) is 21.8 Å². The van der Waals surface area contributed by atoms with Gasteiger partial charge in [-0.25, -0.2) is 0 Å². The monoisotopic (exact) mass is 335 g/mol. The summed E-state index contributed by atoms with van der Waals surface area (Å²) in [5, 5.41) is 3.80. The lowest BCUT2D eigenvalue weighted by Gasteiger charge is -2.19. The van der Waals surface area contributed by atoms with E-state index in [1.807, 2.05) is 0 Å². The fourth-order valence-corrected chi connectivity index (χ4v) is 2.83. The van der Waals surface area contributed by atoms with Gasteiger partial charge in [0.25, 0.3) is 0 Å². The number of hydrogen-bond acceptors (Lipinski definition) is 1. The van der Waals surface area contributed by atoms with E-state index in [-0.39, 0.29) is 17.7 Å². The zero-order valence-electron chi connectivity index (χ0n) is 11.8. The number of hydrogen-bond donors (Lipinski definition) is 1. The van der Waals surface area contributed by atoms with Crippen molar-refractivity contribution in [2.24, 2.45) is 5.92 Å². The van der Waals surface area contributed by atoms with Crippen molar-refractivity contribution in [1.82, 2.24) is 5.32 Å². The molecule has 0 fully saturated rings. The molecule has 2 nitrogen and oxygen atoms in total. The van der Waals surface area contributed by atoms with Crippen LogP contribution in [0.1, 0.15) is 32.3 Å². The Hall–Kier alpha value is -0.440. The van der Waals surface area contributed by atoms with Gasteiger partial charge in [0.15, 0.2) is 0 Å². The van der Waals surface area contributed by atoms with Gasteiger partial charge in [-0.05, 0) is 23.6 Å². The molecule has 1 aromatic carbocycles. The van der Waals surface area contributed by atoms with Crippen molar-refractivity contribution < 1.29 is 4.79 Å². The van der Waals surface area contributed by atoms with Gasteiger partial charge in [-0.15, -0.1) is 11.6 Å². The van der Waals surface area contributed by atoms with Gasteiger partial charge in [0, 0.05) is 6.54 Å². The number of halogens is 3. The molecular weight excluding hydrogens is 317 g/mol. The third-order valence-electron chi connectivity index (χ3n) is 3.40. The summed E-state index contributed by atoms with van der Waals surface area (Å²) in [6.07, 6.45) is 2.32. The molecule has 112 valence electrons. The van der Waals surface area contributed by atoms with Gasteiger partial charge in [0.2, 0.25) is 5.91 Å². The van der Waals surface area contributed by atoms with Gasteiger partial charge in [-0.3, -0.25) is 4.79 Å². The second-order valence-electron chi connectivity index (χ2n) is 4.82. The molecule has 1 rings (SSSR count). The summed E-state index contributed by atoms with van der Waals surface area (Å²) in [5.41, 5.74) is 0.838. The maximum absolute atomic E-state index is 11.9. The number of nitrogens with one attached hydrogen (secondary N) is 1. The van der Waals surface area contributed by atoms with Crippen molar-refractivity contribution in [3.8, 4) is 0 Å². The molecule has 0 aliphatic rings. The lowest BCUT2D eigenvalue weighted by molar-refractivity contribution is -0.120. The van der Waals surface area contributed by atoms with E-state index < -0.39 is 0 Å². The standard InChI is InChI=1S/C15H20Cl3NO/c1-3-11(4-2)14(18)9-19-15(20)8-10-5-6-12(16)13(17)7-10/h5-7,11,14H,3-4,8-9H2,1-2H3,(H,19,20). The molecule has 0 saturated carbocycles. The molecule has 1 amide bonds. The molecule has 20 heavy (non-hydrogen) atoms. The first-order valence-corrected chi connectivity index (χ1v) is 8.01. The van der Waals surface area contributed by atoms with Crippen molar-refractivity contribution in [1.29, 1.82) is 0 Å². The summed E-state index contributed by atoms with van der Waals surface area (Å²) in [6.45, 7) is 4.72. The van der Waals surface area contributed by atoms with Crippen LogP contribution in [0.5, 0.6) is 0 Å². The molecule has 1 atom stereocenters. The van der Waals surface area contributed by atoms with Crippen LogP contribution in [0.2, 0.25) is 10.0 Å². The Morgan fingerprint density at radius 3 is 2.40 bits per heavy atom. The van der Waals surface area contributed by atoms with Crippen molar-refractivity contribution >= 4 is 40.7 Å². The Morgan fingerprint density at radius 2 is 1.85 bits per heavy atom. The minimum Gasteiger partial charge on any atom is -0.354 e. The van der Waals surface area contributed by atoms with E-state index in [2.05, 4.69) is 19.2 Å². The Labute approximate surface area is 135 Å². The van der Waals surface area contributed by atoms with Crippen LogP contribution in [0.3, 0.4) is 0 Å². The molecule has 1 N–H and O–H groups in total. The molecule has 0 aliphatic carbocycles. The maximum Gasteiger partial charge on any atom is 0.224 e. The van der Waals surface area contributed by atoms with E-state index in [4.69, 9.17) is 34.8 Å². The zero-order chi connectivity index (χ0) is 15.1. The lowest BCUT2D eigenvalue weighted by atomic mass is 9.99. The van der Waals surface area contributed by atoms with Gasteiger partial charge in [-0.2, -0.15) is 0 Å².